The van der Waals surface area contributed by atoms with E-state index in [9.17, 15) is 14.9 Å². The van der Waals surface area contributed by atoms with Crippen LogP contribution in [0.1, 0.15) is 48.5 Å². The first kappa shape index (κ1) is 21.8. The Hall–Kier alpha value is -2.93. The number of rotatable bonds is 9. The third kappa shape index (κ3) is 6.03. The molecule has 0 saturated carbocycles. The number of nitrogens with one attached hydrogen (secondary N) is 3. The molecule has 1 aliphatic heterocycles. The van der Waals surface area contributed by atoms with E-state index in [0.717, 1.165) is 18.5 Å². The summed E-state index contributed by atoms with van der Waals surface area (Å²) in [7, 11) is 0. The standard InChI is InChI=1S/C23H30N4O3/c1-18-8-5-6-14-26(18)15-7-13-24-23(28)20-11-12-21(22(16-20)27(29)30)25-17-19-9-3-2-4-10-19/h2-4,9-12,16,18,25H,5-8,13-15,17H2,1H3,(H,24,28)/p+1/t18-/m1/s1. The van der Waals surface area contributed by atoms with Gasteiger partial charge >= 0.3 is 0 Å². The number of nitro groups is 1. The molecule has 0 radical (unpaired) electrons. The molecular weight excluding hydrogens is 380 g/mol. The van der Waals surface area contributed by atoms with Gasteiger partial charge < -0.3 is 15.5 Å². The molecule has 160 valence electrons. The number of anilines is 1. The summed E-state index contributed by atoms with van der Waals surface area (Å²) in [5, 5.41) is 17.5. The van der Waals surface area contributed by atoms with Crippen LogP contribution < -0.4 is 15.5 Å². The van der Waals surface area contributed by atoms with Crippen molar-refractivity contribution in [3.8, 4) is 0 Å². The van der Waals surface area contributed by atoms with Gasteiger partial charge in [-0.1, -0.05) is 30.3 Å². The van der Waals surface area contributed by atoms with Gasteiger partial charge in [0.1, 0.15) is 5.69 Å². The molecule has 1 fully saturated rings. The molecule has 2 aromatic rings. The van der Waals surface area contributed by atoms with Crippen molar-refractivity contribution in [2.75, 3.05) is 25.0 Å². The van der Waals surface area contributed by atoms with Crippen LogP contribution in [0, 0.1) is 10.1 Å². The van der Waals surface area contributed by atoms with Crippen LogP contribution in [0.25, 0.3) is 0 Å². The summed E-state index contributed by atoms with van der Waals surface area (Å²) in [4.78, 5) is 25.1. The molecule has 0 bridgehead atoms. The molecule has 1 aliphatic rings. The average molecular weight is 412 g/mol. The van der Waals surface area contributed by atoms with Crippen molar-refractivity contribution in [2.45, 2.75) is 45.2 Å². The van der Waals surface area contributed by atoms with Crippen LogP contribution in [0.2, 0.25) is 0 Å². The lowest BCUT2D eigenvalue weighted by molar-refractivity contribution is -0.928. The molecule has 7 heteroatoms. The Bertz CT molecular complexity index is 857. The van der Waals surface area contributed by atoms with Crippen molar-refractivity contribution in [3.05, 3.63) is 69.8 Å². The molecule has 3 rings (SSSR count). The highest BCUT2D eigenvalue weighted by Crippen LogP contribution is 2.26. The average Bonchev–Trinajstić information content (AvgIpc) is 2.76. The van der Waals surface area contributed by atoms with Gasteiger partial charge in [0.25, 0.3) is 11.6 Å². The zero-order chi connectivity index (χ0) is 21.3. The van der Waals surface area contributed by atoms with Gasteiger partial charge in [-0.3, -0.25) is 14.9 Å². The third-order valence-electron chi connectivity index (χ3n) is 5.82. The van der Waals surface area contributed by atoms with Gasteiger partial charge in [-0.15, -0.1) is 0 Å². The Morgan fingerprint density at radius 1 is 1.20 bits per heavy atom. The minimum Gasteiger partial charge on any atom is -0.375 e. The van der Waals surface area contributed by atoms with Crippen LogP contribution in [0.15, 0.2) is 48.5 Å². The van der Waals surface area contributed by atoms with Gasteiger partial charge in [-0.2, -0.15) is 0 Å². The lowest BCUT2D eigenvalue weighted by Gasteiger charge is -2.30. The molecule has 1 saturated heterocycles. The Morgan fingerprint density at radius 3 is 2.73 bits per heavy atom. The van der Waals surface area contributed by atoms with E-state index >= 15 is 0 Å². The van der Waals surface area contributed by atoms with E-state index in [-0.39, 0.29) is 11.6 Å². The number of hydrogen-bond acceptors (Lipinski definition) is 4. The molecule has 1 amide bonds. The quantitative estimate of drug-likeness (QED) is 0.336. The Labute approximate surface area is 177 Å². The topological polar surface area (TPSA) is 88.7 Å². The summed E-state index contributed by atoms with van der Waals surface area (Å²) >= 11 is 0. The fourth-order valence-electron chi connectivity index (χ4n) is 4.01. The molecule has 0 aromatic heterocycles. The number of hydrogen-bond donors (Lipinski definition) is 3. The maximum Gasteiger partial charge on any atom is 0.293 e. The summed E-state index contributed by atoms with van der Waals surface area (Å²) in [6.45, 7) is 5.60. The Morgan fingerprint density at radius 2 is 2.00 bits per heavy atom. The first-order valence-corrected chi connectivity index (χ1v) is 10.7. The van der Waals surface area contributed by atoms with Crippen LogP contribution in [0.5, 0.6) is 0 Å². The van der Waals surface area contributed by atoms with E-state index in [0.29, 0.717) is 30.4 Å². The van der Waals surface area contributed by atoms with Crippen molar-refractivity contribution in [1.82, 2.24) is 5.32 Å². The van der Waals surface area contributed by atoms with E-state index in [2.05, 4.69) is 17.6 Å². The van der Waals surface area contributed by atoms with E-state index in [1.54, 1.807) is 17.0 Å². The van der Waals surface area contributed by atoms with Crippen molar-refractivity contribution in [3.63, 3.8) is 0 Å². The molecule has 1 unspecified atom stereocenters. The Balaban J connectivity index is 1.53. The lowest BCUT2D eigenvalue weighted by atomic mass is 10.0. The highest BCUT2D eigenvalue weighted by Gasteiger charge is 2.21. The molecule has 3 N–H and O–H groups in total. The lowest BCUT2D eigenvalue weighted by Crippen LogP contribution is -3.16. The summed E-state index contributed by atoms with van der Waals surface area (Å²) in [6, 6.07) is 14.9. The normalized spacial score (nSPS) is 18.6. The molecular formula is C23H31N4O3+. The molecule has 2 atom stereocenters. The van der Waals surface area contributed by atoms with Gasteiger partial charge in [0.05, 0.1) is 24.1 Å². The van der Waals surface area contributed by atoms with Crippen molar-refractivity contribution < 1.29 is 14.6 Å². The first-order valence-electron chi connectivity index (χ1n) is 10.7. The van der Waals surface area contributed by atoms with Gasteiger partial charge in [-0.05, 0) is 43.9 Å². The molecule has 2 aromatic carbocycles. The maximum absolute atomic E-state index is 12.5. The van der Waals surface area contributed by atoms with Crippen LogP contribution >= 0.6 is 0 Å². The monoisotopic (exact) mass is 411 g/mol. The van der Waals surface area contributed by atoms with Gasteiger partial charge in [-0.25, -0.2) is 0 Å². The zero-order valence-electron chi connectivity index (χ0n) is 17.5. The number of benzene rings is 2. The van der Waals surface area contributed by atoms with Crippen LogP contribution in [0.4, 0.5) is 11.4 Å². The number of quaternary nitrogens is 1. The number of nitrogens with zero attached hydrogens (tertiary/aromatic N) is 1. The van der Waals surface area contributed by atoms with Crippen molar-refractivity contribution >= 4 is 17.3 Å². The fraction of sp³-hybridized carbons (Fsp3) is 0.435. The molecule has 0 spiro atoms. The fourth-order valence-corrected chi connectivity index (χ4v) is 4.01. The predicted molar refractivity (Wildman–Crippen MR) is 118 cm³/mol. The van der Waals surface area contributed by atoms with Gasteiger partial charge in [0.15, 0.2) is 0 Å². The second-order valence-electron chi connectivity index (χ2n) is 7.99. The second-order valence-corrected chi connectivity index (χ2v) is 7.99. The van der Waals surface area contributed by atoms with Crippen LogP contribution in [-0.4, -0.2) is 36.5 Å². The van der Waals surface area contributed by atoms with E-state index in [1.165, 1.54) is 31.9 Å². The molecule has 30 heavy (non-hydrogen) atoms. The number of nitro benzene ring substituents is 1. The van der Waals surface area contributed by atoms with Gasteiger partial charge in [0, 0.05) is 31.1 Å². The first-order chi connectivity index (χ1) is 14.5. The summed E-state index contributed by atoms with van der Waals surface area (Å²) in [6.07, 6.45) is 4.77. The highest BCUT2D eigenvalue weighted by atomic mass is 16.6. The minimum atomic E-state index is -0.453. The summed E-state index contributed by atoms with van der Waals surface area (Å²) < 4.78 is 0. The zero-order valence-corrected chi connectivity index (χ0v) is 17.5. The number of carbonyl (C=O) groups excluding carboxylic acids is 1. The molecule has 1 heterocycles. The van der Waals surface area contributed by atoms with Gasteiger partial charge in [0.2, 0.25) is 0 Å². The SMILES string of the molecule is C[C@@H]1CCCC[NH+]1CCCNC(=O)c1ccc(NCc2ccccc2)c([N+](=O)[O-])c1. The van der Waals surface area contributed by atoms with Crippen molar-refractivity contribution in [2.24, 2.45) is 0 Å². The largest absolute Gasteiger partial charge is 0.375 e. The van der Waals surface area contributed by atoms with Crippen LogP contribution in [-0.2, 0) is 6.54 Å². The third-order valence-corrected chi connectivity index (χ3v) is 5.82. The summed E-state index contributed by atoms with van der Waals surface area (Å²) in [5.74, 6) is -0.269. The van der Waals surface area contributed by atoms with Crippen molar-refractivity contribution in [1.29, 1.82) is 0 Å². The van der Waals surface area contributed by atoms with Crippen LogP contribution in [0.3, 0.4) is 0 Å². The molecule has 0 aliphatic carbocycles. The highest BCUT2D eigenvalue weighted by molar-refractivity contribution is 5.95. The number of piperidine rings is 1. The number of carbonyl (C=O) groups is 1. The second kappa shape index (κ2) is 10.7. The molecule has 7 nitrogen and oxygen atoms in total. The smallest absolute Gasteiger partial charge is 0.293 e. The maximum atomic E-state index is 12.5. The van der Waals surface area contributed by atoms with E-state index in [4.69, 9.17) is 0 Å². The summed E-state index contributed by atoms with van der Waals surface area (Å²) in [5.41, 5.74) is 1.65. The minimum absolute atomic E-state index is 0.0924. The van der Waals surface area contributed by atoms with E-state index in [1.807, 2.05) is 30.3 Å². The Kier molecular flexibility index (Phi) is 7.79. The number of amides is 1. The predicted octanol–water partition coefficient (Wildman–Crippen LogP) is 2.78. The number of likely N-dealkylation sites (tertiary alicyclic amines) is 1. The van der Waals surface area contributed by atoms with E-state index < -0.39 is 4.92 Å².